The van der Waals surface area contributed by atoms with Crippen molar-refractivity contribution >= 4 is 93.4 Å². The minimum Gasteiger partial charge on any atom is -0.455 e. The second-order valence-electron chi connectivity index (χ2n) is 23.3. The number of hydrogen-bond donors (Lipinski definition) is 0. The van der Waals surface area contributed by atoms with Crippen LogP contribution in [0.2, 0.25) is 0 Å². The van der Waals surface area contributed by atoms with Gasteiger partial charge in [0.05, 0.1) is 11.0 Å². The van der Waals surface area contributed by atoms with E-state index in [0.717, 1.165) is 33.4 Å². The van der Waals surface area contributed by atoms with Crippen LogP contribution in [0.1, 0.15) is 77.6 Å². The van der Waals surface area contributed by atoms with Crippen LogP contribution in [0.5, 0.6) is 0 Å². The molecule has 15 rings (SSSR count). The molecule has 9 aromatic carbocycles. The molecule has 0 saturated heterocycles. The van der Waals surface area contributed by atoms with Crippen molar-refractivity contribution in [3.8, 4) is 50.4 Å². The summed E-state index contributed by atoms with van der Waals surface area (Å²) in [6, 6.07) is 67.0. The van der Waals surface area contributed by atoms with Crippen molar-refractivity contribution < 1.29 is 4.42 Å². The molecule has 346 valence electrons. The van der Waals surface area contributed by atoms with E-state index in [4.69, 9.17) is 4.42 Å². The SMILES string of the molecule is CC(C)(C)c1ccc(N2B3c4cc5oc(-c6ccccc6)c(-c6ccccc6)c5cc4-n4c5cc6c(cc5c5ccc(c3c54)-c3cc4c(cc32)sc2cc(C(C)(C)C)ccc24)C(C)(C)c2ccccc2-6)cc1. The first-order valence-corrected chi connectivity index (χ1v) is 26.4. The van der Waals surface area contributed by atoms with E-state index in [9.17, 15) is 0 Å². The smallest absolute Gasteiger partial charge is 0.333 e. The number of aromatic nitrogens is 1. The van der Waals surface area contributed by atoms with Gasteiger partial charge in [-0.25, -0.2) is 0 Å². The van der Waals surface area contributed by atoms with Crippen molar-refractivity contribution in [2.24, 2.45) is 0 Å². The maximum Gasteiger partial charge on any atom is 0.333 e. The third kappa shape index (κ3) is 5.69. The summed E-state index contributed by atoms with van der Waals surface area (Å²) in [6.45, 7) is 18.5. The molecule has 5 heterocycles. The van der Waals surface area contributed by atoms with Gasteiger partial charge in [0, 0.05) is 75.5 Å². The summed E-state index contributed by atoms with van der Waals surface area (Å²) in [5.74, 6) is 0.891. The van der Waals surface area contributed by atoms with Gasteiger partial charge in [-0.15, -0.1) is 11.3 Å². The van der Waals surface area contributed by atoms with Crippen LogP contribution in [-0.2, 0) is 16.2 Å². The van der Waals surface area contributed by atoms with Crippen LogP contribution in [0.3, 0.4) is 0 Å². The second kappa shape index (κ2) is 14.3. The number of rotatable bonds is 3. The van der Waals surface area contributed by atoms with Gasteiger partial charge in [0.15, 0.2) is 0 Å². The highest BCUT2D eigenvalue weighted by Gasteiger charge is 2.46. The van der Waals surface area contributed by atoms with Crippen molar-refractivity contribution in [3.63, 3.8) is 0 Å². The molecule has 3 nitrogen and oxygen atoms in total. The second-order valence-corrected chi connectivity index (χ2v) is 24.4. The van der Waals surface area contributed by atoms with Crippen LogP contribution < -0.4 is 15.7 Å². The van der Waals surface area contributed by atoms with Gasteiger partial charge in [0.25, 0.3) is 0 Å². The Bertz CT molecular complexity index is 4310. The molecule has 1 aliphatic carbocycles. The topological polar surface area (TPSA) is 21.3 Å². The minimum absolute atomic E-state index is 0.0117. The lowest BCUT2D eigenvalue weighted by atomic mass is 9.44. The number of hydrogen-bond acceptors (Lipinski definition) is 3. The summed E-state index contributed by atoms with van der Waals surface area (Å²) < 4.78 is 12.5. The first kappa shape index (κ1) is 42.1. The van der Waals surface area contributed by atoms with Gasteiger partial charge in [0.2, 0.25) is 0 Å². The molecule has 5 heteroatoms. The molecule has 12 aromatic rings. The van der Waals surface area contributed by atoms with E-state index in [1.807, 2.05) is 11.3 Å². The van der Waals surface area contributed by atoms with E-state index in [1.54, 1.807) is 0 Å². The fraction of sp³-hybridized carbons (Fsp3) is 0.164. The molecule has 0 N–H and O–H groups in total. The zero-order valence-electron chi connectivity index (χ0n) is 42.0. The van der Waals surface area contributed by atoms with E-state index in [2.05, 4.69) is 241 Å². The predicted molar refractivity (Wildman–Crippen MR) is 308 cm³/mol. The first-order chi connectivity index (χ1) is 34.7. The Morgan fingerprint density at radius 1 is 0.500 bits per heavy atom. The number of thiophene rings is 1. The van der Waals surface area contributed by atoms with Gasteiger partial charge in [-0.1, -0.05) is 177 Å². The molecule has 0 radical (unpaired) electrons. The summed E-state index contributed by atoms with van der Waals surface area (Å²) in [5.41, 5.74) is 23.5. The number of fused-ring (bicyclic) bond motifs is 15. The number of benzene rings is 9. The molecule has 0 spiro atoms. The Hall–Kier alpha value is -7.60. The molecule has 0 saturated carbocycles. The van der Waals surface area contributed by atoms with Crippen molar-refractivity contribution in [2.45, 2.75) is 71.6 Å². The highest BCUT2D eigenvalue weighted by atomic mass is 32.1. The van der Waals surface area contributed by atoms with Crippen LogP contribution in [0.4, 0.5) is 11.4 Å². The van der Waals surface area contributed by atoms with Crippen molar-refractivity contribution in [3.05, 3.63) is 198 Å². The lowest BCUT2D eigenvalue weighted by Crippen LogP contribution is -2.60. The Morgan fingerprint density at radius 2 is 1.18 bits per heavy atom. The van der Waals surface area contributed by atoms with Crippen LogP contribution >= 0.6 is 11.3 Å². The molecule has 2 aliphatic heterocycles. The van der Waals surface area contributed by atoms with Crippen LogP contribution in [-0.4, -0.2) is 11.4 Å². The fourth-order valence-corrected chi connectivity index (χ4v) is 14.2. The predicted octanol–water partition coefficient (Wildman–Crippen LogP) is 17.4. The largest absolute Gasteiger partial charge is 0.455 e. The maximum atomic E-state index is 7.26. The molecule has 72 heavy (non-hydrogen) atoms. The zero-order chi connectivity index (χ0) is 48.7. The number of furan rings is 1. The third-order valence-electron chi connectivity index (χ3n) is 16.7. The Labute approximate surface area is 425 Å². The van der Waals surface area contributed by atoms with E-state index in [0.29, 0.717) is 0 Å². The van der Waals surface area contributed by atoms with Crippen molar-refractivity contribution in [1.82, 2.24) is 4.57 Å². The van der Waals surface area contributed by atoms with E-state index < -0.39 is 0 Å². The monoisotopic (exact) mass is 944 g/mol. The van der Waals surface area contributed by atoms with Crippen LogP contribution in [0.25, 0.3) is 103 Å². The standard InChI is InChI=1S/C67H53BN2OS/c1-65(2,3)40-23-26-42(27-24-40)70-56-37-60-50(44-28-25-41(66(4,5)6)31-59(44)72-60)32-48(56)45-29-30-46-49-33-53-47(43-21-15-16-22-52(43)67(53,7)8)34-55(49)69-57-35-51-58(36-54(57)68(70)62(45)63(46)69)71-64(39-19-13-10-14-20-39)61(51)38-17-11-9-12-18-38/h9-37H,1-8H3. The van der Waals surface area contributed by atoms with Crippen LogP contribution in [0.15, 0.2) is 180 Å². The first-order valence-electron chi connectivity index (χ1n) is 25.6. The van der Waals surface area contributed by atoms with Gasteiger partial charge in [-0.05, 0) is 121 Å². The van der Waals surface area contributed by atoms with Gasteiger partial charge in [-0.2, -0.15) is 0 Å². The molecular formula is C67H53BN2OS. The average molecular weight is 945 g/mol. The molecule has 0 fully saturated rings. The van der Waals surface area contributed by atoms with Crippen molar-refractivity contribution in [2.75, 3.05) is 4.81 Å². The minimum atomic E-state index is -0.165. The summed E-state index contributed by atoms with van der Waals surface area (Å²) in [5, 5.41) is 6.33. The Morgan fingerprint density at radius 3 is 1.93 bits per heavy atom. The van der Waals surface area contributed by atoms with Gasteiger partial charge >= 0.3 is 6.85 Å². The number of anilines is 2. The Kier molecular flexibility index (Phi) is 8.37. The normalized spacial score (nSPS) is 14.4. The molecular weight excluding hydrogens is 892 g/mol. The lowest BCUT2D eigenvalue weighted by Gasteiger charge is -2.42. The van der Waals surface area contributed by atoms with E-state index in [1.165, 1.54) is 114 Å². The maximum absolute atomic E-state index is 7.26. The van der Waals surface area contributed by atoms with Crippen LogP contribution in [0, 0.1) is 0 Å². The number of nitrogens with zero attached hydrogens (tertiary/aromatic N) is 2. The van der Waals surface area contributed by atoms with Crippen molar-refractivity contribution in [1.29, 1.82) is 0 Å². The molecule has 0 atom stereocenters. The lowest BCUT2D eigenvalue weighted by molar-refractivity contribution is 0.590. The Balaban J connectivity index is 1.10. The van der Waals surface area contributed by atoms with E-state index >= 15 is 0 Å². The quantitative estimate of drug-likeness (QED) is 0.165. The van der Waals surface area contributed by atoms with Gasteiger partial charge in [0.1, 0.15) is 11.3 Å². The average Bonchev–Trinajstić information content (AvgIpc) is 4.10. The highest BCUT2D eigenvalue weighted by Crippen LogP contribution is 2.54. The molecule has 3 aliphatic rings. The third-order valence-corrected chi connectivity index (χ3v) is 17.8. The summed E-state index contributed by atoms with van der Waals surface area (Å²) >= 11 is 1.92. The van der Waals surface area contributed by atoms with E-state index in [-0.39, 0.29) is 23.1 Å². The van der Waals surface area contributed by atoms with Gasteiger partial charge < -0.3 is 13.8 Å². The molecule has 0 amide bonds. The summed E-state index contributed by atoms with van der Waals surface area (Å²) in [4.78, 5) is 2.68. The van der Waals surface area contributed by atoms with Gasteiger partial charge in [-0.3, -0.25) is 0 Å². The molecule has 3 aromatic heterocycles. The highest BCUT2D eigenvalue weighted by molar-refractivity contribution is 7.25. The molecule has 0 bridgehead atoms. The zero-order valence-corrected chi connectivity index (χ0v) is 42.8. The summed E-state index contributed by atoms with van der Waals surface area (Å²) in [6.07, 6.45) is 0. The molecule has 0 unspecified atom stereocenters. The summed E-state index contributed by atoms with van der Waals surface area (Å²) in [7, 11) is 0. The fourth-order valence-electron chi connectivity index (χ4n) is 13.0.